The molecule has 7 nitrogen and oxygen atoms in total. The summed E-state index contributed by atoms with van der Waals surface area (Å²) >= 11 is 1.68. The summed E-state index contributed by atoms with van der Waals surface area (Å²) in [4.78, 5) is 34.6. The van der Waals surface area contributed by atoms with Crippen LogP contribution in [0.25, 0.3) is 0 Å². The lowest BCUT2D eigenvalue weighted by molar-refractivity contribution is 0.0941. The fourth-order valence-corrected chi connectivity index (χ4v) is 5.64. The standard InChI is InChI=1S/C24H31N5O2S/c1-4-28-10-6-9-20(28)15-25-22(30)18-7-5-8-19(14-18)27-24(31)29-11-12-32-23-21(29)16(2)13-17(3)26-23/h5,7-8,13-14,20H,4,6,9-12,15H2,1-3H3,(H,25,30)(H,27,31). The van der Waals surface area contributed by atoms with E-state index in [9.17, 15) is 9.59 Å². The number of hydrogen-bond acceptors (Lipinski definition) is 5. The number of nitrogens with zero attached hydrogens (tertiary/aromatic N) is 3. The molecule has 3 amide bonds. The van der Waals surface area contributed by atoms with Crippen LogP contribution in [0.4, 0.5) is 16.2 Å². The predicted molar refractivity (Wildman–Crippen MR) is 130 cm³/mol. The Kier molecular flexibility index (Phi) is 7.01. The number of aryl methyl sites for hydroxylation is 2. The van der Waals surface area contributed by atoms with Gasteiger partial charge in [0.05, 0.1) is 5.69 Å². The molecule has 1 fully saturated rings. The second-order valence-electron chi connectivity index (χ2n) is 8.38. The summed E-state index contributed by atoms with van der Waals surface area (Å²) < 4.78 is 0. The number of anilines is 2. The van der Waals surface area contributed by atoms with Crippen molar-refractivity contribution in [3.8, 4) is 0 Å². The lowest BCUT2D eigenvalue weighted by Crippen LogP contribution is -2.40. The largest absolute Gasteiger partial charge is 0.350 e. The first-order valence-electron chi connectivity index (χ1n) is 11.3. The summed E-state index contributed by atoms with van der Waals surface area (Å²) in [6.07, 6.45) is 2.30. The van der Waals surface area contributed by atoms with E-state index >= 15 is 0 Å². The number of carbonyl (C=O) groups is 2. The minimum Gasteiger partial charge on any atom is -0.350 e. The van der Waals surface area contributed by atoms with Crippen LogP contribution in [0.5, 0.6) is 0 Å². The van der Waals surface area contributed by atoms with Gasteiger partial charge in [0, 0.05) is 41.8 Å². The number of aromatic nitrogens is 1. The van der Waals surface area contributed by atoms with Gasteiger partial charge < -0.3 is 10.6 Å². The molecular formula is C24H31N5O2S. The molecule has 4 rings (SSSR count). The Morgan fingerprint density at radius 1 is 1.22 bits per heavy atom. The van der Waals surface area contributed by atoms with Gasteiger partial charge in [-0.15, -0.1) is 11.8 Å². The topological polar surface area (TPSA) is 77.6 Å². The molecule has 3 heterocycles. The first-order chi connectivity index (χ1) is 15.5. The van der Waals surface area contributed by atoms with Gasteiger partial charge in [0.25, 0.3) is 5.91 Å². The van der Waals surface area contributed by atoms with Crippen LogP contribution in [0.2, 0.25) is 0 Å². The molecule has 2 aromatic rings. The smallest absolute Gasteiger partial charge is 0.326 e. The van der Waals surface area contributed by atoms with Crippen LogP contribution in [0, 0.1) is 13.8 Å². The van der Waals surface area contributed by atoms with Crippen molar-refractivity contribution in [1.82, 2.24) is 15.2 Å². The van der Waals surface area contributed by atoms with Crippen LogP contribution in [0.1, 0.15) is 41.4 Å². The number of likely N-dealkylation sites (N-methyl/N-ethyl adjacent to an activating group) is 1. The summed E-state index contributed by atoms with van der Waals surface area (Å²) in [6, 6.07) is 9.32. The third-order valence-corrected chi connectivity index (χ3v) is 7.07. The van der Waals surface area contributed by atoms with E-state index in [-0.39, 0.29) is 11.9 Å². The van der Waals surface area contributed by atoms with Crippen LogP contribution < -0.4 is 15.5 Å². The normalized spacial score (nSPS) is 18.3. The molecule has 1 aromatic carbocycles. The van der Waals surface area contributed by atoms with Crippen LogP contribution in [-0.4, -0.2) is 59.8 Å². The zero-order chi connectivity index (χ0) is 22.7. The lowest BCUT2D eigenvalue weighted by Gasteiger charge is -2.30. The molecule has 0 bridgehead atoms. The van der Waals surface area contributed by atoms with E-state index < -0.39 is 0 Å². The number of urea groups is 1. The molecule has 2 aliphatic heterocycles. The highest BCUT2D eigenvalue weighted by atomic mass is 32.2. The number of amides is 3. The highest BCUT2D eigenvalue weighted by Gasteiger charge is 2.27. The molecule has 1 unspecified atom stereocenters. The van der Waals surface area contributed by atoms with Crippen LogP contribution in [-0.2, 0) is 0 Å². The van der Waals surface area contributed by atoms with Gasteiger partial charge in [0.1, 0.15) is 5.03 Å². The second kappa shape index (κ2) is 9.92. The summed E-state index contributed by atoms with van der Waals surface area (Å²) in [5, 5.41) is 6.92. The molecule has 0 radical (unpaired) electrons. The Morgan fingerprint density at radius 2 is 2.06 bits per heavy atom. The number of rotatable bonds is 5. The second-order valence-corrected chi connectivity index (χ2v) is 9.46. The van der Waals surface area contributed by atoms with Crippen molar-refractivity contribution in [3.63, 3.8) is 0 Å². The van der Waals surface area contributed by atoms with E-state index in [4.69, 9.17) is 0 Å². The molecule has 1 saturated heterocycles. The Labute approximate surface area is 194 Å². The summed E-state index contributed by atoms with van der Waals surface area (Å²) in [5.74, 6) is 0.689. The van der Waals surface area contributed by atoms with Crippen LogP contribution in [0.15, 0.2) is 35.4 Å². The van der Waals surface area contributed by atoms with E-state index in [1.165, 1.54) is 6.42 Å². The number of benzene rings is 1. The molecular weight excluding hydrogens is 422 g/mol. The maximum absolute atomic E-state index is 13.1. The third-order valence-electron chi connectivity index (χ3n) is 6.13. The fourth-order valence-electron chi connectivity index (χ4n) is 4.56. The average molecular weight is 454 g/mol. The first kappa shape index (κ1) is 22.6. The maximum Gasteiger partial charge on any atom is 0.326 e. The summed E-state index contributed by atoms with van der Waals surface area (Å²) in [5.41, 5.74) is 4.02. The van der Waals surface area contributed by atoms with Crippen molar-refractivity contribution in [2.75, 3.05) is 42.1 Å². The van der Waals surface area contributed by atoms with Gasteiger partial charge in [-0.25, -0.2) is 9.78 Å². The molecule has 1 atom stereocenters. The Balaban J connectivity index is 1.42. The SMILES string of the molecule is CCN1CCCC1CNC(=O)c1cccc(NC(=O)N2CCSc3nc(C)cc(C)c32)c1. The van der Waals surface area contributed by atoms with Gasteiger partial charge in [-0.1, -0.05) is 13.0 Å². The number of pyridine rings is 1. The van der Waals surface area contributed by atoms with Gasteiger partial charge in [-0.05, 0) is 69.6 Å². The number of likely N-dealkylation sites (tertiary alicyclic amines) is 1. The van der Waals surface area contributed by atoms with Crippen molar-refractivity contribution in [3.05, 3.63) is 47.2 Å². The van der Waals surface area contributed by atoms with Crippen molar-refractivity contribution in [2.24, 2.45) is 0 Å². The van der Waals surface area contributed by atoms with Gasteiger partial charge in [0.15, 0.2) is 0 Å². The molecule has 8 heteroatoms. The van der Waals surface area contributed by atoms with Crippen LogP contribution >= 0.6 is 11.8 Å². The van der Waals surface area contributed by atoms with E-state index in [2.05, 4.69) is 27.4 Å². The van der Waals surface area contributed by atoms with E-state index in [1.807, 2.05) is 26.0 Å². The fraction of sp³-hybridized carbons (Fsp3) is 0.458. The van der Waals surface area contributed by atoms with Gasteiger partial charge in [0.2, 0.25) is 0 Å². The molecule has 1 aromatic heterocycles. The molecule has 170 valence electrons. The highest BCUT2D eigenvalue weighted by Crippen LogP contribution is 2.36. The quantitative estimate of drug-likeness (QED) is 0.714. The molecule has 0 aliphatic carbocycles. The monoisotopic (exact) mass is 453 g/mol. The van der Waals surface area contributed by atoms with Crippen LogP contribution in [0.3, 0.4) is 0 Å². The van der Waals surface area contributed by atoms with Gasteiger partial charge >= 0.3 is 6.03 Å². The lowest BCUT2D eigenvalue weighted by atomic mass is 10.1. The minimum atomic E-state index is -0.206. The van der Waals surface area contributed by atoms with E-state index in [0.717, 1.165) is 47.2 Å². The zero-order valence-electron chi connectivity index (χ0n) is 19.0. The Morgan fingerprint density at radius 3 is 2.88 bits per heavy atom. The Hall–Kier alpha value is -2.58. The maximum atomic E-state index is 13.1. The number of hydrogen-bond donors (Lipinski definition) is 2. The Bertz CT molecular complexity index is 1010. The summed E-state index contributed by atoms with van der Waals surface area (Å²) in [7, 11) is 0. The molecule has 0 spiro atoms. The van der Waals surface area contributed by atoms with Crippen molar-refractivity contribution < 1.29 is 9.59 Å². The highest BCUT2D eigenvalue weighted by molar-refractivity contribution is 7.99. The van der Waals surface area contributed by atoms with E-state index in [0.29, 0.717) is 30.4 Å². The van der Waals surface area contributed by atoms with Gasteiger partial charge in [-0.2, -0.15) is 0 Å². The molecule has 0 saturated carbocycles. The van der Waals surface area contributed by atoms with Crippen molar-refractivity contribution in [1.29, 1.82) is 0 Å². The molecule has 2 aliphatic rings. The predicted octanol–water partition coefficient (Wildman–Crippen LogP) is 4.06. The van der Waals surface area contributed by atoms with Crippen molar-refractivity contribution in [2.45, 2.75) is 44.7 Å². The number of carbonyl (C=O) groups excluding carboxylic acids is 2. The number of thioether (sulfide) groups is 1. The third kappa shape index (κ3) is 4.91. The van der Waals surface area contributed by atoms with E-state index in [1.54, 1.807) is 34.9 Å². The molecule has 2 N–H and O–H groups in total. The zero-order valence-corrected chi connectivity index (χ0v) is 19.8. The first-order valence-corrected chi connectivity index (χ1v) is 12.3. The van der Waals surface area contributed by atoms with Crippen molar-refractivity contribution >= 4 is 35.1 Å². The minimum absolute atomic E-state index is 0.112. The van der Waals surface area contributed by atoms with Gasteiger partial charge in [-0.3, -0.25) is 14.6 Å². The molecule has 32 heavy (non-hydrogen) atoms. The summed E-state index contributed by atoms with van der Waals surface area (Å²) in [6.45, 7) is 9.51. The number of nitrogens with one attached hydrogen (secondary N) is 2. The average Bonchev–Trinajstić information content (AvgIpc) is 3.24. The number of fused-ring (bicyclic) bond motifs is 1.